The number of nitrogens with zero attached hydrogens (tertiary/aromatic N) is 2. The number of hydrogen-bond acceptors (Lipinski definition) is 12. The summed E-state index contributed by atoms with van der Waals surface area (Å²) >= 11 is 0. The van der Waals surface area contributed by atoms with E-state index in [1.54, 1.807) is 24.3 Å². The Morgan fingerprint density at radius 3 is 2.40 bits per heavy atom. The van der Waals surface area contributed by atoms with Crippen LogP contribution in [0, 0.1) is 11.8 Å². The molecule has 0 spiro atoms. The van der Waals surface area contributed by atoms with Crippen molar-refractivity contribution in [2.75, 3.05) is 25.5 Å². The first-order valence-electron chi connectivity index (χ1n) is 11.0. The van der Waals surface area contributed by atoms with Crippen LogP contribution in [0.3, 0.4) is 0 Å². The van der Waals surface area contributed by atoms with Crippen LogP contribution in [0.25, 0.3) is 0 Å². The number of phosphoric acid groups is 3. The molecule has 3 rings (SSSR count). The van der Waals surface area contributed by atoms with E-state index < -0.39 is 60.7 Å². The van der Waals surface area contributed by atoms with Crippen LogP contribution in [0.2, 0.25) is 0 Å². The van der Waals surface area contributed by atoms with Crippen LogP contribution in [0.1, 0.15) is 23.8 Å². The van der Waals surface area contributed by atoms with Crippen LogP contribution in [0.5, 0.6) is 5.75 Å². The zero-order valence-electron chi connectivity index (χ0n) is 20.2. The van der Waals surface area contributed by atoms with Crippen LogP contribution in [0.15, 0.2) is 35.3 Å². The maximum Gasteiger partial charge on any atom is 0.490 e. The Balaban J connectivity index is 1.69. The fraction of sp³-hybridized carbons (Fsp3) is 0.368. The largest absolute Gasteiger partial charge is 0.492 e. The van der Waals surface area contributed by atoms with Crippen molar-refractivity contribution in [2.45, 2.75) is 24.9 Å². The van der Waals surface area contributed by atoms with E-state index in [-0.39, 0.29) is 11.4 Å². The molecule has 0 amide bonds. The molecule has 2 heterocycles. The molecule has 1 saturated heterocycles. The van der Waals surface area contributed by atoms with Crippen LogP contribution < -0.4 is 21.9 Å². The summed E-state index contributed by atoms with van der Waals surface area (Å²) in [7, 11) is -16.8. The first-order chi connectivity index (χ1) is 18.6. The van der Waals surface area contributed by atoms with Gasteiger partial charge in [0.1, 0.15) is 36.7 Å². The van der Waals surface area contributed by atoms with E-state index in [4.69, 9.17) is 30.7 Å². The van der Waals surface area contributed by atoms with Gasteiger partial charge in [-0.1, -0.05) is 11.8 Å². The van der Waals surface area contributed by atoms with Crippen molar-refractivity contribution in [3.8, 4) is 17.6 Å². The molecule has 1 aliphatic heterocycles. The number of benzene rings is 1. The van der Waals surface area contributed by atoms with Gasteiger partial charge < -0.3 is 40.5 Å². The number of anilines is 1. The summed E-state index contributed by atoms with van der Waals surface area (Å²) in [5, 5.41) is 0. The summed E-state index contributed by atoms with van der Waals surface area (Å²) < 4.78 is 71.8. The maximum atomic E-state index is 14.6. The van der Waals surface area contributed by atoms with Gasteiger partial charge in [-0.25, -0.2) is 22.9 Å². The Hall–Kier alpha value is -2.48. The highest BCUT2D eigenvalue weighted by atomic mass is 31.3. The van der Waals surface area contributed by atoms with Crippen molar-refractivity contribution in [2.24, 2.45) is 5.73 Å². The van der Waals surface area contributed by atoms with Crippen molar-refractivity contribution in [3.63, 3.8) is 0 Å². The second-order valence-corrected chi connectivity index (χ2v) is 12.3. The summed E-state index contributed by atoms with van der Waals surface area (Å²) in [4.78, 5) is 51.9. The molecule has 1 fully saturated rings. The molecule has 5 atom stereocenters. The standard InChI is InChI=1S/C19H24FN4O13P3/c20-15-9-17(35-16(15)11-34-39(29,30)37-40(31,32)36-38(26,27)28)24-10-13(18(22)23-19(24)25)4-1-12-2-5-14(6-3-12)33-8-7-21/h2-3,5-6,10,15-17H,7-9,11,21H2,(H,29,30)(H,31,32)(H2,22,23,25)(H2,26,27,28)/t15-,16+,17+/m0/s1. The molecule has 17 nitrogen and oxygen atoms in total. The molecule has 2 aromatic rings. The topological polar surface area (TPSA) is 265 Å². The summed E-state index contributed by atoms with van der Waals surface area (Å²) in [6.45, 7) is -0.334. The second kappa shape index (κ2) is 13.0. The SMILES string of the molecule is NCCOc1ccc(C#Cc2cn([C@H]3C[C@H](F)[C@@H](COP(=O)(O)OP(=O)(O)OP(=O)(O)O)O3)c(=O)nc2N)cc1. The van der Waals surface area contributed by atoms with Gasteiger partial charge in [-0.2, -0.15) is 13.6 Å². The van der Waals surface area contributed by atoms with Gasteiger partial charge in [-0.05, 0) is 24.3 Å². The van der Waals surface area contributed by atoms with Gasteiger partial charge in [-0.15, -0.1) is 0 Å². The lowest BCUT2D eigenvalue weighted by molar-refractivity contribution is -0.0349. The monoisotopic (exact) mass is 628 g/mol. The molecular weight excluding hydrogens is 604 g/mol. The number of phosphoric ester groups is 1. The molecule has 0 saturated carbocycles. The smallest absolute Gasteiger partial charge is 0.490 e. The van der Waals surface area contributed by atoms with Gasteiger partial charge in [0.05, 0.1) is 12.2 Å². The Morgan fingerprint density at radius 2 is 1.77 bits per heavy atom. The van der Waals surface area contributed by atoms with E-state index in [0.29, 0.717) is 24.5 Å². The van der Waals surface area contributed by atoms with Gasteiger partial charge in [0.25, 0.3) is 0 Å². The van der Waals surface area contributed by atoms with Crippen molar-refractivity contribution in [1.82, 2.24) is 9.55 Å². The van der Waals surface area contributed by atoms with Crippen molar-refractivity contribution < 1.29 is 60.3 Å². The molecule has 220 valence electrons. The predicted molar refractivity (Wildman–Crippen MR) is 133 cm³/mol. The average molecular weight is 628 g/mol. The summed E-state index contributed by atoms with van der Waals surface area (Å²) in [5.41, 5.74) is 11.0. The van der Waals surface area contributed by atoms with Crippen molar-refractivity contribution in [3.05, 3.63) is 52.1 Å². The zero-order valence-corrected chi connectivity index (χ0v) is 22.9. The molecule has 21 heteroatoms. The van der Waals surface area contributed by atoms with E-state index in [0.717, 1.165) is 4.57 Å². The van der Waals surface area contributed by atoms with E-state index in [2.05, 4.69) is 30.0 Å². The molecule has 2 unspecified atom stereocenters. The third-order valence-corrected chi connectivity index (χ3v) is 8.66. The zero-order chi connectivity index (χ0) is 29.7. The average Bonchev–Trinajstić information content (AvgIpc) is 3.19. The number of halogens is 1. The van der Waals surface area contributed by atoms with Gasteiger partial charge in [-0.3, -0.25) is 9.09 Å². The van der Waals surface area contributed by atoms with Crippen molar-refractivity contribution >= 4 is 29.3 Å². The highest BCUT2D eigenvalue weighted by Crippen LogP contribution is 2.66. The number of alkyl halides is 1. The van der Waals surface area contributed by atoms with Crippen LogP contribution in [-0.4, -0.2) is 61.2 Å². The van der Waals surface area contributed by atoms with E-state index in [9.17, 15) is 32.7 Å². The highest BCUT2D eigenvalue weighted by Gasteiger charge is 2.43. The lowest BCUT2D eigenvalue weighted by Gasteiger charge is -2.19. The van der Waals surface area contributed by atoms with Gasteiger partial charge in [0, 0.05) is 24.7 Å². The molecule has 1 aliphatic rings. The molecule has 0 aliphatic carbocycles. The minimum absolute atomic E-state index is 0.110. The minimum Gasteiger partial charge on any atom is -0.492 e. The van der Waals surface area contributed by atoms with Crippen molar-refractivity contribution in [1.29, 1.82) is 0 Å². The molecule has 8 N–H and O–H groups in total. The first kappa shape index (κ1) is 32.0. The third kappa shape index (κ3) is 9.57. The van der Waals surface area contributed by atoms with Crippen LogP contribution in [0.4, 0.5) is 10.2 Å². The number of nitrogen functional groups attached to an aromatic ring is 1. The van der Waals surface area contributed by atoms with Crippen LogP contribution in [-0.2, 0) is 31.6 Å². The predicted octanol–water partition coefficient (Wildman–Crippen LogP) is 0.532. The lowest BCUT2D eigenvalue weighted by Crippen LogP contribution is -2.29. The fourth-order valence-corrected chi connectivity index (χ4v) is 6.25. The van der Waals surface area contributed by atoms with Gasteiger partial charge in [0.2, 0.25) is 0 Å². The number of aromatic nitrogens is 2. The molecule has 1 aromatic carbocycles. The van der Waals surface area contributed by atoms with E-state index >= 15 is 0 Å². The quantitative estimate of drug-likeness (QED) is 0.146. The third-order valence-electron chi connectivity index (χ3n) is 4.85. The second-order valence-electron chi connectivity index (χ2n) is 7.91. The molecule has 1 aromatic heterocycles. The first-order valence-corrected chi connectivity index (χ1v) is 15.5. The number of ether oxygens (including phenoxy) is 2. The number of hydrogen-bond donors (Lipinski definition) is 6. The van der Waals surface area contributed by atoms with E-state index in [1.807, 2.05) is 0 Å². The van der Waals surface area contributed by atoms with Gasteiger partial charge in [0.15, 0.2) is 0 Å². The van der Waals surface area contributed by atoms with Crippen LogP contribution >= 0.6 is 23.5 Å². The number of rotatable bonds is 11. The Labute approximate surface area is 225 Å². The Kier molecular flexibility index (Phi) is 10.4. The summed E-state index contributed by atoms with van der Waals surface area (Å²) in [6, 6.07) is 6.71. The Morgan fingerprint density at radius 1 is 1.10 bits per heavy atom. The molecule has 0 radical (unpaired) electrons. The maximum absolute atomic E-state index is 14.6. The Bertz CT molecular complexity index is 1470. The molecular formula is C19H24FN4O13P3. The lowest BCUT2D eigenvalue weighted by atomic mass is 10.2. The fourth-order valence-electron chi connectivity index (χ4n) is 3.22. The normalized spacial score (nSPS) is 22.1. The number of nitrogens with two attached hydrogens (primary N) is 2. The molecule has 0 bridgehead atoms. The summed E-state index contributed by atoms with van der Waals surface area (Å²) in [6.07, 6.45) is -3.96. The van der Waals surface area contributed by atoms with E-state index in [1.165, 1.54) is 6.20 Å². The summed E-state index contributed by atoms with van der Waals surface area (Å²) in [5.74, 6) is 5.98. The highest BCUT2D eigenvalue weighted by molar-refractivity contribution is 7.66. The minimum atomic E-state index is -5.75. The van der Waals surface area contributed by atoms with Gasteiger partial charge >= 0.3 is 29.2 Å². The molecule has 40 heavy (non-hydrogen) atoms.